The van der Waals surface area contributed by atoms with Gasteiger partial charge >= 0.3 is 0 Å². The molecule has 0 aromatic carbocycles. The van der Waals surface area contributed by atoms with Gasteiger partial charge in [0, 0.05) is 6.08 Å². The maximum Gasteiger partial charge on any atom is 0.100 e. The van der Waals surface area contributed by atoms with Gasteiger partial charge in [-0.2, -0.15) is 10.5 Å². The summed E-state index contributed by atoms with van der Waals surface area (Å²) in [6.45, 7) is 4.81. The van der Waals surface area contributed by atoms with Gasteiger partial charge in [-0.3, -0.25) is 0 Å². The van der Waals surface area contributed by atoms with Crippen LogP contribution in [0.2, 0.25) is 0 Å². The van der Waals surface area contributed by atoms with E-state index in [0.717, 1.165) is 18.9 Å². The van der Waals surface area contributed by atoms with Gasteiger partial charge in [-0.05, 0) is 18.4 Å². The average molecular weight is 248 g/mol. The minimum atomic E-state index is -1.51. The molecule has 0 heterocycles. The van der Waals surface area contributed by atoms with Crippen molar-refractivity contribution in [3.8, 4) is 12.1 Å². The molecule has 0 saturated carbocycles. The number of hydrogen-bond donors (Lipinski definition) is 0. The van der Waals surface area contributed by atoms with Crippen LogP contribution in [0.15, 0.2) is 23.8 Å². The van der Waals surface area contributed by atoms with Crippen LogP contribution < -0.4 is 10.2 Å². The third-order valence-electron chi connectivity index (χ3n) is 1.68. The molecule has 0 unspecified atom stereocenters. The molecule has 0 radical (unpaired) electrons. The standard InChI is InChI=1S/C8H11NO2.C4H3NO2/c1-2-3-4-7(5-6-9)8(10)11;1-3(2-5)4(6)7/h5H,2-4H2,1H3,(H,10,11);1H2,(H,6,7)/p-2/b7-5-;. The first kappa shape index (κ1) is 17.8. The van der Waals surface area contributed by atoms with E-state index in [0.29, 0.717) is 6.42 Å². The van der Waals surface area contributed by atoms with Crippen molar-refractivity contribution in [2.75, 3.05) is 0 Å². The van der Waals surface area contributed by atoms with Crippen LogP contribution in [0.4, 0.5) is 0 Å². The quantitative estimate of drug-likeness (QED) is 0.462. The van der Waals surface area contributed by atoms with Gasteiger partial charge in [0.15, 0.2) is 0 Å². The molecule has 0 aliphatic carbocycles. The number of aliphatic carboxylic acids is 2. The van der Waals surface area contributed by atoms with Crippen molar-refractivity contribution in [3.63, 3.8) is 0 Å². The van der Waals surface area contributed by atoms with Gasteiger partial charge in [-0.1, -0.05) is 19.9 Å². The predicted molar refractivity (Wildman–Crippen MR) is 58.0 cm³/mol. The van der Waals surface area contributed by atoms with E-state index in [-0.39, 0.29) is 5.57 Å². The SMILES string of the molecule is C=C(C#N)C(=O)[O-].CCCC/C(=C/C#N)C(=O)[O-]. The zero-order valence-electron chi connectivity index (χ0n) is 9.93. The zero-order chi connectivity index (χ0) is 14.6. The first-order valence-electron chi connectivity index (χ1n) is 5.01. The Morgan fingerprint density at radius 3 is 2.06 bits per heavy atom. The third-order valence-corrected chi connectivity index (χ3v) is 1.68. The van der Waals surface area contributed by atoms with E-state index in [1.165, 1.54) is 6.07 Å². The lowest BCUT2D eigenvalue weighted by molar-refractivity contribution is -0.300. The van der Waals surface area contributed by atoms with Gasteiger partial charge < -0.3 is 19.8 Å². The van der Waals surface area contributed by atoms with Crippen molar-refractivity contribution in [2.24, 2.45) is 0 Å². The molecule has 0 amide bonds. The number of carboxylic acids is 2. The van der Waals surface area contributed by atoms with Gasteiger partial charge in [0.05, 0.1) is 23.6 Å². The maximum atomic E-state index is 10.3. The van der Waals surface area contributed by atoms with Gasteiger partial charge in [-0.15, -0.1) is 0 Å². The van der Waals surface area contributed by atoms with E-state index in [9.17, 15) is 19.8 Å². The number of carbonyl (C=O) groups is 2. The molecular formula is C12H12N2O4-2. The molecule has 0 aliphatic heterocycles. The van der Waals surface area contributed by atoms with Crippen LogP contribution in [0.25, 0.3) is 0 Å². The van der Waals surface area contributed by atoms with Crippen molar-refractivity contribution < 1.29 is 19.8 Å². The second-order valence-electron chi connectivity index (χ2n) is 3.07. The van der Waals surface area contributed by atoms with Crippen LogP contribution in [0, 0.1) is 22.7 Å². The van der Waals surface area contributed by atoms with Gasteiger partial charge in [-0.25, -0.2) is 0 Å². The van der Waals surface area contributed by atoms with Crippen molar-refractivity contribution in [3.05, 3.63) is 23.8 Å². The topological polar surface area (TPSA) is 128 Å². The number of unbranched alkanes of at least 4 members (excludes halogenated alkanes) is 1. The first-order chi connectivity index (χ1) is 8.40. The van der Waals surface area contributed by atoms with Gasteiger partial charge in [0.25, 0.3) is 0 Å². The molecule has 0 saturated heterocycles. The molecule has 18 heavy (non-hydrogen) atoms. The fourth-order valence-corrected chi connectivity index (χ4v) is 0.724. The van der Waals surface area contributed by atoms with Gasteiger partial charge in [0.2, 0.25) is 0 Å². The van der Waals surface area contributed by atoms with Gasteiger partial charge in [0.1, 0.15) is 6.07 Å². The highest BCUT2D eigenvalue weighted by atomic mass is 16.4. The number of rotatable bonds is 5. The molecule has 96 valence electrons. The lowest BCUT2D eigenvalue weighted by Gasteiger charge is -2.04. The van der Waals surface area contributed by atoms with Crippen molar-refractivity contribution >= 4 is 11.9 Å². The molecule has 0 N–H and O–H groups in total. The first-order valence-corrected chi connectivity index (χ1v) is 5.01. The summed E-state index contributed by atoms with van der Waals surface area (Å²) in [4.78, 5) is 19.8. The molecule has 6 heteroatoms. The van der Waals surface area contributed by atoms with E-state index in [1.54, 1.807) is 6.07 Å². The van der Waals surface area contributed by atoms with E-state index >= 15 is 0 Å². The second-order valence-corrected chi connectivity index (χ2v) is 3.07. The summed E-state index contributed by atoms with van der Waals surface area (Å²) in [6.07, 6.45) is 3.15. The molecule has 0 aromatic rings. The predicted octanol–water partition coefficient (Wildman–Crippen LogP) is -0.807. The molecule has 0 spiro atoms. The fourth-order valence-electron chi connectivity index (χ4n) is 0.724. The van der Waals surface area contributed by atoms with Crippen molar-refractivity contribution in [2.45, 2.75) is 26.2 Å². The van der Waals surface area contributed by atoms with Crippen LogP contribution in [0.1, 0.15) is 26.2 Å². The average Bonchev–Trinajstić information content (AvgIpc) is 2.33. The summed E-state index contributed by atoms with van der Waals surface area (Å²) in [7, 11) is 0. The number of carboxylic acid groups (broad SMARTS) is 2. The minimum absolute atomic E-state index is 0.0920. The summed E-state index contributed by atoms with van der Waals surface area (Å²) in [6, 6.07) is 2.98. The third kappa shape index (κ3) is 9.94. The summed E-state index contributed by atoms with van der Waals surface area (Å²) < 4.78 is 0. The summed E-state index contributed by atoms with van der Waals surface area (Å²) in [5.74, 6) is -2.75. The molecule has 0 aromatic heterocycles. The smallest absolute Gasteiger partial charge is 0.100 e. The fraction of sp³-hybridized carbons (Fsp3) is 0.333. The second kappa shape index (κ2) is 10.9. The highest BCUT2D eigenvalue weighted by molar-refractivity contribution is 5.88. The molecular weight excluding hydrogens is 236 g/mol. The Morgan fingerprint density at radius 2 is 1.83 bits per heavy atom. The largest absolute Gasteiger partial charge is 0.545 e. The van der Waals surface area contributed by atoms with Crippen LogP contribution in [0.3, 0.4) is 0 Å². The van der Waals surface area contributed by atoms with Crippen molar-refractivity contribution in [1.29, 1.82) is 10.5 Å². The molecule has 0 rings (SSSR count). The highest BCUT2D eigenvalue weighted by Gasteiger charge is 1.96. The normalized spacial score (nSPS) is 9.17. The van der Waals surface area contributed by atoms with Crippen LogP contribution >= 0.6 is 0 Å². The maximum absolute atomic E-state index is 10.3. The highest BCUT2D eigenvalue weighted by Crippen LogP contribution is 2.05. The van der Waals surface area contributed by atoms with E-state index in [1.807, 2.05) is 6.92 Å². The zero-order valence-corrected chi connectivity index (χ0v) is 9.93. The lowest BCUT2D eigenvalue weighted by Crippen LogP contribution is -2.24. The summed E-state index contributed by atoms with van der Waals surface area (Å²) in [5.41, 5.74) is -0.450. The Morgan fingerprint density at radius 1 is 1.28 bits per heavy atom. The molecule has 6 nitrogen and oxygen atoms in total. The Labute approximate surface area is 105 Å². The lowest BCUT2D eigenvalue weighted by atomic mass is 10.1. The van der Waals surface area contributed by atoms with Crippen LogP contribution in [0.5, 0.6) is 0 Å². The number of nitrogens with zero attached hydrogens (tertiary/aromatic N) is 2. The number of carbonyl (C=O) groups excluding carboxylic acids is 2. The molecule has 0 bridgehead atoms. The van der Waals surface area contributed by atoms with E-state index in [2.05, 4.69) is 6.58 Å². The number of nitriles is 2. The monoisotopic (exact) mass is 248 g/mol. The minimum Gasteiger partial charge on any atom is -0.545 e. The van der Waals surface area contributed by atoms with Crippen LogP contribution in [-0.4, -0.2) is 11.9 Å². The Hall–Kier alpha value is -2.60. The molecule has 0 atom stereocenters. The summed E-state index contributed by atoms with van der Waals surface area (Å²) >= 11 is 0. The molecule has 0 fully saturated rings. The van der Waals surface area contributed by atoms with Crippen LogP contribution in [-0.2, 0) is 9.59 Å². The van der Waals surface area contributed by atoms with E-state index < -0.39 is 17.5 Å². The van der Waals surface area contributed by atoms with E-state index in [4.69, 9.17) is 10.5 Å². The summed E-state index contributed by atoms with van der Waals surface area (Å²) in [5, 5.41) is 35.7. The van der Waals surface area contributed by atoms with Crippen molar-refractivity contribution in [1.82, 2.24) is 0 Å². The Bertz CT molecular complexity index is 424. The molecule has 0 aliphatic rings. The number of hydrogen-bond acceptors (Lipinski definition) is 6. The number of allylic oxidation sites excluding steroid dienone is 1. The Kier molecular flexibility index (Phi) is 10.8. The Balaban J connectivity index is 0.